The third-order valence-electron chi connectivity index (χ3n) is 6.46. The lowest BCUT2D eigenvalue weighted by Crippen LogP contribution is -2.35. The van der Waals surface area contributed by atoms with Crippen LogP contribution < -0.4 is 4.74 Å². The van der Waals surface area contributed by atoms with Gasteiger partial charge in [-0.1, -0.05) is 24.3 Å². The fourth-order valence-electron chi connectivity index (χ4n) is 4.71. The van der Waals surface area contributed by atoms with Gasteiger partial charge in [0, 0.05) is 18.7 Å². The number of benzene rings is 2. The number of rotatable bonds is 7. The number of carbonyl (C=O) groups is 2. The van der Waals surface area contributed by atoms with Gasteiger partial charge < -0.3 is 19.6 Å². The first kappa shape index (κ1) is 23.1. The van der Waals surface area contributed by atoms with Gasteiger partial charge in [-0.3, -0.25) is 9.59 Å². The zero-order chi connectivity index (χ0) is 23.5. The van der Waals surface area contributed by atoms with Gasteiger partial charge in [-0.05, 0) is 81.6 Å². The summed E-state index contributed by atoms with van der Waals surface area (Å²) in [4.78, 5) is 29.7. The van der Waals surface area contributed by atoms with Crippen LogP contribution in [0.2, 0.25) is 0 Å². The number of carbonyl (C=O) groups excluding carboxylic acids is 2. The van der Waals surface area contributed by atoms with Crippen LogP contribution in [0.4, 0.5) is 0 Å². The number of aryl methyl sites for hydroxylation is 2. The molecule has 4 rings (SSSR count). The van der Waals surface area contributed by atoms with E-state index in [9.17, 15) is 14.7 Å². The summed E-state index contributed by atoms with van der Waals surface area (Å²) in [6, 6.07) is 12.6. The minimum Gasteiger partial charge on any atom is -0.507 e. The summed E-state index contributed by atoms with van der Waals surface area (Å²) in [5.74, 6) is -0.591. The van der Waals surface area contributed by atoms with Crippen molar-refractivity contribution >= 4 is 17.4 Å². The normalized spacial score (nSPS) is 19.8. The van der Waals surface area contributed by atoms with Gasteiger partial charge in [-0.2, -0.15) is 0 Å². The van der Waals surface area contributed by atoms with Crippen LogP contribution >= 0.6 is 0 Å². The molecule has 0 aromatic heterocycles. The van der Waals surface area contributed by atoms with E-state index in [1.807, 2.05) is 68.4 Å². The van der Waals surface area contributed by atoms with Crippen LogP contribution in [0.25, 0.3) is 5.76 Å². The molecule has 1 unspecified atom stereocenters. The molecule has 1 N–H and O–H groups in total. The van der Waals surface area contributed by atoms with Crippen LogP contribution in [-0.4, -0.2) is 60.4 Å². The molecular weight excluding hydrogens is 416 g/mol. The topological polar surface area (TPSA) is 70.1 Å². The maximum absolute atomic E-state index is 13.2. The number of fused-ring (bicyclic) bond motifs is 1. The fourth-order valence-corrected chi connectivity index (χ4v) is 4.71. The Kier molecular flexibility index (Phi) is 6.84. The summed E-state index contributed by atoms with van der Waals surface area (Å²) < 4.78 is 5.55. The number of ether oxygens (including phenoxy) is 1. The van der Waals surface area contributed by atoms with E-state index in [4.69, 9.17) is 4.74 Å². The zero-order valence-electron chi connectivity index (χ0n) is 19.6. The summed E-state index contributed by atoms with van der Waals surface area (Å²) in [5.41, 5.74) is 4.03. The first-order chi connectivity index (χ1) is 15.9. The number of aliphatic hydroxyl groups excluding tert-OH is 1. The van der Waals surface area contributed by atoms with E-state index < -0.39 is 17.7 Å². The Labute approximate surface area is 195 Å². The van der Waals surface area contributed by atoms with E-state index in [1.165, 1.54) is 17.5 Å². The highest BCUT2D eigenvalue weighted by molar-refractivity contribution is 6.46. The largest absolute Gasteiger partial charge is 0.507 e. The Morgan fingerprint density at radius 3 is 2.42 bits per heavy atom. The molecule has 1 atom stereocenters. The predicted octanol–water partition coefficient (Wildman–Crippen LogP) is 3.95. The molecule has 0 bridgehead atoms. The van der Waals surface area contributed by atoms with Crippen molar-refractivity contribution in [2.75, 3.05) is 33.8 Å². The molecule has 2 aromatic carbocycles. The van der Waals surface area contributed by atoms with E-state index in [0.717, 1.165) is 30.6 Å². The molecule has 0 saturated carbocycles. The van der Waals surface area contributed by atoms with Crippen molar-refractivity contribution in [2.24, 2.45) is 0 Å². The molecule has 1 aliphatic heterocycles. The minimum absolute atomic E-state index is 0.104. The third-order valence-corrected chi connectivity index (χ3v) is 6.46. The average Bonchev–Trinajstić information content (AvgIpc) is 3.07. The van der Waals surface area contributed by atoms with Gasteiger partial charge in [0.2, 0.25) is 0 Å². The molecule has 0 radical (unpaired) electrons. The Morgan fingerprint density at radius 2 is 1.76 bits per heavy atom. The van der Waals surface area contributed by atoms with Gasteiger partial charge in [-0.15, -0.1) is 0 Å². The summed E-state index contributed by atoms with van der Waals surface area (Å²) in [5, 5.41) is 11.3. The SMILES string of the molecule is CCOc1ccc(C2/C(=C(/O)c3ccc4c(c3)CCCC4)C(=O)C(=O)N2CCN(C)C)cc1. The molecular formula is C27H32N2O4. The number of amides is 1. The second-order valence-electron chi connectivity index (χ2n) is 8.99. The molecule has 1 amide bonds. The fraction of sp³-hybridized carbons (Fsp3) is 0.407. The Bertz CT molecular complexity index is 1070. The molecule has 33 heavy (non-hydrogen) atoms. The van der Waals surface area contributed by atoms with Crippen molar-refractivity contribution in [1.82, 2.24) is 9.80 Å². The van der Waals surface area contributed by atoms with E-state index in [1.54, 1.807) is 4.90 Å². The van der Waals surface area contributed by atoms with E-state index in [-0.39, 0.29) is 11.3 Å². The summed E-state index contributed by atoms with van der Waals surface area (Å²) in [7, 11) is 3.85. The lowest BCUT2D eigenvalue weighted by molar-refractivity contribution is -0.140. The molecule has 1 aliphatic carbocycles. The second-order valence-corrected chi connectivity index (χ2v) is 8.99. The number of likely N-dealkylation sites (tertiary alicyclic amines) is 1. The van der Waals surface area contributed by atoms with Crippen LogP contribution in [0.1, 0.15) is 48.1 Å². The molecule has 1 saturated heterocycles. The minimum atomic E-state index is -0.642. The van der Waals surface area contributed by atoms with Crippen LogP contribution in [0.3, 0.4) is 0 Å². The Hall–Kier alpha value is -3.12. The van der Waals surface area contributed by atoms with Gasteiger partial charge >= 0.3 is 0 Å². The first-order valence-corrected chi connectivity index (χ1v) is 11.7. The van der Waals surface area contributed by atoms with E-state index >= 15 is 0 Å². The maximum Gasteiger partial charge on any atom is 0.295 e. The number of nitrogens with zero attached hydrogens (tertiary/aromatic N) is 2. The molecule has 2 aliphatic rings. The van der Waals surface area contributed by atoms with Crippen LogP contribution in [0.5, 0.6) is 5.75 Å². The summed E-state index contributed by atoms with van der Waals surface area (Å²) in [6.45, 7) is 3.47. The molecule has 6 nitrogen and oxygen atoms in total. The van der Waals surface area contributed by atoms with Crippen LogP contribution in [0, 0.1) is 0 Å². The van der Waals surface area contributed by atoms with E-state index in [0.29, 0.717) is 25.3 Å². The lowest BCUT2D eigenvalue weighted by atomic mass is 9.88. The zero-order valence-corrected chi connectivity index (χ0v) is 19.6. The van der Waals surface area contributed by atoms with Gasteiger partial charge in [-0.25, -0.2) is 0 Å². The van der Waals surface area contributed by atoms with Crippen molar-refractivity contribution in [3.05, 3.63) is 70.3 Å². The number of aliphatic hydroxyl groups is 1. The summed E-state index contributed by atoms with van der Waals surface area (Å²) >= 11 is 0. The summed E-state index contributed by atoms with van der Waals surface area (Å²) in [6.07, 6.45) is 4.30. The lowest BCUT2D eigenvalue weighted by Gasteiger charge is -2.26. The number of likely N-dealkylation sites (N-methyl/N-ethyl adjacent to an activating group) is 1. The van der Waals surface area contributed by atoms with Gasteiger partial charge in [0.15, 0.2) is 0 Å². The van der Waals surface area contributed by atoms with Gasteiger partial charge in [0.25, 0.3) is 11.7 Å². The first-order valence-electron chi connectivity index (χ1n) is 11.7. The van der Waals surface area contributed by atoms with Crippen LogP contribution in [0.15, 0.2) is 48.0 Å². The Balaban J connectivity index is 1.79. The molecule has 0 spiro atoms. The van der Waals surface area contributed by atoms with Crippen molar-refractivity contribution in [3.8, 4) is 5.75 Å². The third kappa shape index (κ3) is 4.67. The molecule has 1 heterocycles. The highest BCUT2D eigenvalue weighted by Gasteiger charge is 2.45. The second kappa shape index (κ2) is 9.79. The molecule has 2 aromatic rings. The smallest absolute Gasteiger partial charge is 0.295 e. The molecule has 1 fully saturated rings. The molecule has 174 valence electrons. The average molecular weight is 449 g/mol. The maximum atomic E-state index is 13.2. The van der Waals surface area contributed by atoms with Crippen molar-refractivity contribution in [2.45, 2.75) is 38.6 Å². The standard InChI is InChI=1S/C27H32N2O4/c1-4-33-22-13-11-19(12-14-22)24-23(26(31)27(32)29(24)16-15-28(2)3)25(30)21-10-9-18-7-5-6-8-20(18)17-21/h9-14,17,24,30H,4-8,15-16H2,1-3H3/b25-23-. The molecule has 6 heteroatoms. The van der Waals surface area contributed by atoms with Gasteiger partial charge in [0.1, 0.15) is 11.5 Å². The number of hydrogen-bond donors (Lipinski definition) is 1. The van der Waals surface area contributed by atoms with Crippen molar-refractivity contribution < 1.29 is 19.4 Å². The van der Waals surface area contributed by atoms with Crippen molar-refractivity contribution in [1.29, 1.82) is 0 Å². The highest BCUT2D eigenvalue weighted by atomic mass is 16.5. The van der Waals surface area contributed by atoms with E-state index in [2.05, 4.69) is 0 Å². The number of hydrogen-bond acceptors (Lipinski definition) is 5. The Morgan fingerprint density at radius 1 is 1.06 bits per heavy atom. The number of ketones is 1. The highest BCUT2D eigenvalue weighted by Crippen LogP contribution is 2.40. The number of Topliss-reactive ketones (excluding diaryl/α,β-unsaturated/α-hetero) is 1. The van der Waals surface area contributed by atoms with Crippen LogP contribution in [-0.2, 0) is 22.4 Å². The monoisotopic (exact) mass is 448 g/mol. The quantitative estimate of drug-likeness (QED) is 0.395. The predicted molar refractivity (Wildman–Crippen MR) is 128 cm³/mol. The van der Waals surface area contributed by atoms with Crippen molar-refractivity contribution in [3.63, 3.8) is 0 Å². The van der Waals surface area contributed by atoms with Gasteiger partial charge in [0.05, 0.1) is 18.2 Å².